The smallest absolute Gasteiger partial charge is 0.306 e. The lowest BCUT2D eigenvalue weighted by molar-refractivity contribution is -0.143. The highest BCUT2D eigenvalue weighted by atomic mass is 79.9. The highest BCUT2D eigenvalue weighted by Crippen LogP contribution is 2.22. The molecule has 0 aliphatic heterocycles. The van der Waals surface area contributed by atoms with Crippen LogP contribution in [0.15, 0.2) is 34.1 Å². The second kappa shape index (κ2) is 7.40. The monoisotopic (exact) mass is 354 g/mol. The zero-order valence-corrected chi connectivity index (χ0v) is 13.5. The van der Waals surface area contributed by atoms with Gasteiger partial charge < -0.3 is 10.1 Å². The Morgan fingerprint density at radius 1 is 1.40 bits per heavy atom. The van der Waals surface area contributed by atoms with E-state index in [0.717, 1.165) is 21.0 Å². The molecule has 0 saturated heterocycles. The molecule has 20 heavy (non-hydrogen) atoms. The topological polar surface area (TPSA) is 51.2 Å². The number of aryl methyl sites for hydroxylation is 1. The number of carbonyl (C=O) groups excluding carboxylic acids is 1. The van der Waals surface area contributed by atoms with E-state index in [1.54, 1.807) is 6.92 Å². The van der Waals surface area contributed by atoms with Gasteiger partial charge in [-0.3, -0.25) is 4.79 Å². The van der Waals surface area contributed by atoms with Crippen molar-refractivity contribution in [3.8, 4) is 0 Å². The molecule has 1 N–H and O–H groups in total. The molecule has 0 amide bonds. The molecule has 0 bridgehead atoms. The maximum absolute atomic E-state index is 11.3. The minimum Gasteiger partial charge on any atom is -0.466 e. The molecule has 6 heteroatoms. The van der Waals surface area contributed by atoms with Gasteiger partial charge in [-0.1, -0.05) is 15.9 Å². The van der Waals surface area contributed by atoms with Crippen molar-refractivity contribution in [2.75, 3.05) is 11.9 Å². The van der Waals surface area contributed by atoms with E-state index in [1.165, 1.54) is 11.3 Å². The van der Waals surface area contributed by atoms with Crippen LogP contribution >= 0.6 is 27.3 Å². The van der Waals surface area contributed by atoms with Crippen LogP contribution in [0.4, 0.5) is 10.8 Å². The van der Waals surface area contributed by atoms with Gasteiger partial charge in [0.2, 0.25) is 0 Å². The number of ether oxygens (including phenoxy) is 1. The van der Waals surface area contributed by atoms with E-state index in [-0.39, 0.29) is 5.97 Å². The van der Waals surface area contributed by atoms with Crippen molar-refractivity contribution in [3.63, 3.8) is 0 Å². The van der Waals surface area contributed by atoms with Crippen molar-refractivity contribution in [1.82, 2.24) is 4.98 Å². The van der Waals surface area contributed by atoms with E-state index in [4.69, 9.17) is 4.74 Å². The van der Waals surface area contributed by atoms with Gasteiger partial charge in [-0.15, -0.1) is 11.3 Å². The van der Waals surface area contributed by atoms with Crippen LogP contribution in [0.2, 0.25) is 0 Å². The van der Waals surface area contributed by atoms with Crippen LogP contribution < -0.4 is 5.32 Å². The van der Waals surface area contributed by atoms with E-state index < -0.39 is 0 Å². The number of esters is 1. The summed E-state index contributed by atoms with van der Waals surface area (Å²) in [6.45, 7) is 2.23. The van der Waals surface area contributed by atoms with E-state index in [2.05, 4.69) is 26.2 Å². The van der Waals surface area contributed by atoms with Crippen LogP contribution in [-0.4, -0.2) is 17.6 Å². The molecule has 0 fully saturated rings. The Bertz CT molecular complexity index is 569. The largest absolute Gasteiger partial charge is 0.466 e. The molecule has 2 aromatic rings. The van der Waals surface area contributed by atoms with Gasteiger partial charge in [0.1, 0.15) is 0 Å². The predicted molar refractivity (Wildman–Crippen MR) is 84.5 cm³/mol. The Kier molecular flexibility index (Phi) is 5.55. The zero-order chi connectivity index (χ0) is 14.4. The summed E-state index contributed by atoms with van der Waals surface area (Å²) in [5, 5.41) is 6.02. The number of hydrogen-bond acceptors (Lipinski definition) is 5. The van der Waals surface area contributed by atoms with Crippen LogP contribution in [0.3, 0.4) is 0 Å². The number of halogens is 1. The third kappa shape index (κ3) is 4.61. The molecular formula is C14H15BrN2O2S. The lowest BCUT2D eigenvalue weighted by atomic mass is 10.2. The Morgan fingerprint density at radius 2 is 2.15 bits per heavy atom. The summed E-state index contributed by atoms with van der Waals surface area (Å²) in [4.78, 5) is 15.7. The fourth-order valence-electron chi connectivity index (χ4n) is 1.60. The van der Waals surface area contributed by atoms with Crippen LogP contribution in [0.5, 0.6) is 0 Å². The highest BCUT2D eigenvalue weighted by Gasteiger charge is 2.06. The SMILES string of the molecule is CCOC(=O)CCc1csc(Nc2ccc(Br)cc2)n1. The fraction of sp³-hybridized carbons (Fsp3) is 0.286. The predicted octanol–water partition coefficient (Wildman–Crippen LogP) is 4.14. The minimum absolute atomic E-state index is 0.178. The Hall–Kier alpha value is -1.40. The minimum atomic E-state index is -0.178. The molecule has 106 valence electrons. The number of rotatable bonds is 6. The summed E-state index contributed by atoms with van der Waals surface area (Å²) in [5.41, 5.74) is 1.89. The third-order valence-corrected chi connectivity index (χ3v) is 3.87. The van der Waals surface area contributed by atoms with Gasteiger partial charge in [0.05, 0.1) is 18.7 Å². The van der Waals surface area contributed by atoms with Crippen LogP contribution in [0.1, 0.15) is 19.0 Å². The Balaban J connectivity index is 1.88. The normalized spacial score (nSPS) is 10.3. The molecule has 4 nitrogen and oxygen atoms in total. The second-order valence-corrected chi connectivity index (χ2v) is 5.85. The quantitative estimate of drug-likeness (QED) is 0.791. The van der Waals surface area contributed by atoms with Gasteiger partial charge in [-0.2, -0.15) is 0 Å². The summed E-state index contributed by atoms with van der Waals surface area (Å²) in [6, 6.07) is 7.89. The van der Waals surface area contributed by atoms with Gasteiger partial charge in [-0.25, -0.2) is 4.98 Å². The van der Waals surface area contributed by atoms with Gasteiger partial charge in [0.15, 0.2) is 5.13 Å². The number of nitrogens with one attached hydrogen (secondary N) is 1. The number of nitrogens with zero attached hydrogens (tertiary/aromatic N) is 1. The first kappa shape index (κ1) is 15.0. The van der Waals surface area contributed by atoms with E-state index in [1.807, 2.05) is 29.6 Å². The van der Waals surface area contributed by atoms with Gasteiger partial charge >= 0.3 is 5.97 Å². The zero-order valence-electron chi connectivity index (χ0n) is 11.1. The number of anilines is 2. The molecule has 0 spiro atoms. The molecule has 0 atom stereocenters. The fourth-order valence-corrected chi connectivity index (χ4v) is 2.63. The molecule has 0 radical (unpaired) electrons. The van der Waals surface area contributed by atoms with Gasteiger partial charge in [0.25, 0.3) is 0 Å². The standard InChI is InChI=1S/C14H15BrN2O2S/c1-2-19-13(18)8-7-12-9-20-14(17-12)16-11-5-3-10(15)4-6-11/h3-6,9H,2,7-8H2,1H3,(H,16,17). The molecule has 1 aromatic heterocycles. The van der Waals surface area contributed by atoms with Crippen molar-refractivity contribution in [3.05, 3.63) is 39.8 Å². The lowest BCUT2D eigenvalue weighted by Crippen LogP contribution is -2.05. The average molecular weight is 355 g/mol. The Labute approximate surface area is 130 Å². The van der Waals surface area contributed by atoms with Crippen LogP contribution in [0, 0.1) is 0 Å². The van der Waals surface area contributed by atoms with E-state index in [0.29, 0.717) is 19.4 Å². The number of carbonyl (C=O) groups is 1. The van der Waals surface area contributed by atoms with Crippen molar-refractivity contribution in [2.45, 2.75) is 19.8 Å². The summed E-state index contributed by atoms with van der Waals surface area (Å²) in [5.74, 6) is -0.178. The number of thiazole rings is 1. The molecule has 0 aliphatic carbocycles. The highest BCUT2D eigenvalue weighted by molar-refractivity contribution is 9.10. The summed E-state index contributed by atoms with van der Waals surface area (Å²) in [7, 11) is 0. The van der Waals surface area contributed by atoms with Gasteiger partial charge in [-0.05, 0) is 31.2 Å². The molecule has 0 saturated carbocycles. The summed E-state index contributed by atoms with van der Waals surface area (Å²) in [6.07, 6.45) is 0.979. The summed E-state index contributed by atoms with van der Waals surface area (Å²) >= 11 is 4.92. The van der Waals surface area contributed by atoms with Crippen LogP contribution in [0.25, 0.3) is 0 Å². The molecule has 1 heterocycles. The molecule has 2 rings (SSSR count). The first-order valence-electron chi connectivity index (χ1n) is 6.30. The van der Waals surface area contributed by atoms with Crippen LogP contribution in [-0.2, 0) is 16.0 Å². The van der Waals surface area contributed by atoms with E-state index >= 15 is 0 Å². The maximum atomic E-state index is 11.3. The van der Waals surface area contributed by atoms with Gasteiger partial charge in [0, 0.05) is 22.0 Å². The molecule has 1 aromatic carbocycles. The third-order valence-electron chi connectivity index (χ3n) is 2.54. The second-order valence-electron chi connectivity index (χ2n) is 4.08. The molecular weight excluding hydrogens is 340 g/mol. The first-order chi connectivity index (χ1) is 9.67. The number of aromatic nitrogens is 1. The first-order valence-corrected chi connectivity index (χ1v) is 7.97. The van der Waals surface area contributed by atoms with Crippen molar-refractivity contribution < 1.29 is 9.53 Å². The van der Waals surface area contributed by atoms with Crippen molar-refractivity contribution in [2.24, 2.45) is 0 Å². The van der Waals surface area contributed by atoms with Crippen molar-refractivity contribution >= 4 is 44.1 Å². The number of hydrogen-bond donors (Lipinski definition) is 1. The lowest BCUT2D eigenvalue weighted by Gasteiger charge is -2.02. The van der Waals surface area contributed by atoms with E-state index in [9.17, 15) is 4.79 Å². The summed E-state index contributed by atoms with van der Waals surface area (Å²) < 4.78 is 5.93. The Morgan fingerprint density at radius 3 is 2.85 bits per heavy atom. The molecule has 0 aliphatic rings. The molecule has 0 unspecified atom stereocenters. The average Bonchev–Trinajstić information content (AvgIpc) is 2.87. The van der Waals surface area contributed by atoms with Crippen molar-refractivity contribution in [1.29, 1.82) is 0 Å². The maximum Gasteiger partial charge on any atom is 0.306 e. The number of benzene rings is 1.